The molecule has 84 valence electrons. The predicted octanol–water partition coefficient (Wildman–Crippen LogP) is 2.97. The summed E-state index contributed by atoms with van der Waals surface area (Å²) in [5.41, 5.74) is 2.38. The maximum Gasteiger partial charge on any atom is 0.134 e. The van der Waals surface area contributed by atoms with Crippen LogP contribution in [-0.2, 0) is 6.42 Å². The first-order chi connectivity index (χ1) is 7.93. The Morgan fingerprint density at radius 1 is 1.31 bits per heavy atom. The number of nitrogens with one attached hydrogen (secondary N) is 1. The van der Waals surface area contributed by atoms with Crippen molar-refractivity contribution >= 4 is 11.0 Å². The largest absolute Gasteiger partial charge is 0.464 e. The predicted molar refractivity (Wildman–Crippen MR) is 65.5 cm³/mol. The zero-order valence-electron chi connectivity index (χ0n) is 9.41. The molecule has 3 rings (SSSR count). The van der Waals surface area contributed by atoms with Gasteiger partial charge in [0.05, 0.1) is 6.26 Å². The molecule has 1 N–H and O–H groups in total. The second-order valence-corrected chi connectivity index (χ2v) is 4.67. The molecule has 2 nitrogen and oxygen atoms in total. The molecular formula is C14H17NO. The lowest BCUT2D eigenvalue weighted by Crippen LogP contribution is -2.30. The monoisotopic (exact) mass is 215 g/mol. The van der Waals surface area contributed by atoms with Gasteiger partial charge in [0, 0.05) is 5.39 Å². The van der Waals surface area contributed by atoms with Crippen LogP contribution in [0.15, 0.2) is 34.9 Å². The van der Waals surface area contributed by atoms with E-state index in [1.807, 2.05) is 18.4 Å². The Bertz CT molecular complexity index is 468. The minimum atomic E-state index is 0.773. The van der Waals surface area contributed by atoms with Crippen molar-refractivity contribution in [3.63, 3.8) is 0 Å². The molecule has 1 aliphatic rings. The minimum Gasteiger partial charge on any atom is -0.464 e. The molecule has 0 unspecified atom stereocenters. The highest BCUT2D eigenvalue weighted by molar-refractivity contribution is 5.80. The first-order valence-corrected chi connectivity index (χ1v) is 6.09. The van der Waals surface area contributed by atoms with Gasteiger partial charge in [0.2, 0.25) is 0 Å². The number of hydrogen-bond donors (Lipinski definition) is 1. The standard InChI is InChI=1S/C14H17NO/c1-2-6-14-13(5-1)12(10-16-14)8-11-4-3-7-15-9-11/h1-2,5-6,10-11,15H,3-4,7-9H2/t11-/m1/s1. The van der Waals surface area contributed by atoms with Crippen molar-refractivity contribution in [1.82, 2.24) is 5.32 Å². The molecule has 0 radical (unpaired) electrons. The molecule has 16 heavy (non-hydrogen) atoms. The highest BCUT2D eigenvalue weighted by Gasteiger charge is 2.15. The first kappa shape index (κ1) is 9.91. The molecule has 1 atom stereocenters. The Kier molecular flexibility index (Phi) is 2.66. The molecule has 0 saturated carbocycles. The summed E-state index contributed by atoms with van der Waals surface area (Å²) < 4.78 is 5.57. The van der Waals surface area contributed by atoms with Crippen molar-refractivity contribution in [3.8, 4) is 0 Å². The van der Waals surface area contributed by atoms with Crippen LogP contribution in [0.2, 0.25) is 0 Å². The third kappa shape index (κ3) is 1.85. The lowest BCUT2D eigenvalue weighted by molar-refractivity contribution is 0.375. The number of rotatable bonds is 2. The third-order valence-electron chi connectivity index (χ3n) is 3.47. The van der Waals surface area contributed by atoms with E-state index in [0.29, 0.717) is 0 Å². The van der Waals surface area contributed by atoms with Crippen LogP contribution in [0.3, 0.4) is 0 Å². The van der Waals surface area contributed by atoms with Gasteiger partial charge in [-0.3, -0.25) is 0 Å². The van der Waals surface area contributed by atoms with Crippen LogP contribution >= 0.6 is 0 Å². The van der Waals surface area contributed by atoms with Gasteiger partial charge in [-0.1, -0.05) is 18.2 Å². The van der Waals surface area contributed by atoms with Gasteiger partial charge < -0.3 is 9.73 Å². The van der Waals surface area contributed by atoms with Crippen LogP contribution in [0.4, 0.5) is 0 Å². The average Bonchev–Trinajstić information content (AvgIpc) is 2.74. The van der Waals surface area contributed by atoms with Gasteiger partial charge in [0.1, 0.15) is 5.58 Å². The second kappa shape index (κ2) is 4.30. The van der Waals surface area contributed by atoms with E-state index in [-0.39, 0.29) is 0 Å². The van der Waals surface area contributed by atoms with E-state index in [4.69, 9.17) is 4.42 Å². The fourth-order valence-electron chi connectivity index (χ4n) is 2.60. The summed E-state index contributed by atoms with van der Waals surface area (Å²) in [6.45, 7) is 2.34. The maximum absolute atomic E-state index is 5.57. The lowest BCUT2D eigenvalue weighted by Gasteiger charge is -2.22. The molecule has 0 aliphatic carbocycles. The molecule has 1 aliphatic heterocycles. The van der Waals surface area contributed by atoms with Crippen molar-refractivity contribution < 1.29 is 4.42 Å². The SMILES string of the molecule is c1ccc2c(C[C@H]3CCCNC3)coc2c1. The van der Waals surface area contributed by atoms with Crippen LogP contribution in [0, 0.1) is 5.92 Å². The highest BCUT2D eigenvalue weighted by Crippen LogP contribution is 2.25. The number of fused-ring (bicyclic) bond motifs is 1. The summed E-state index contributed by atoms with van der Waals surface area (Å²) in [7, 11) is 0. The average molecular weight is 215 g/mol. The summed E-state index contributed by atoms with van der Waals surface area (Å²) >= 11 is 0. The van der Waals surface area contributed by atoms with Crippen molar-refractivity contribution in [2.75, 3.05) is 13.1 Å². The van der Waals surface area contributed by atoms with Crippen molar-refractivity contribution in [1.29, 1.82) is 0 Å². The number of benzene rings is 1. The molecular weight excluding hydrogens is 198 g/mol. The second-order valence-electron chi connectivity index (χ2n) is 4.67. The normalized spacial score (nSPS) is 21.4. The van der Waals surface area contributed by atoms with Gasteiger partial charge in [0.15, 0.2) is 0 Å². The summed E-state index contributed by atoms with van der Waals surface area (Å²) in [5.74, 6) is 0.773. The van der Waals surface area contributed by atoms with Crippen LogP contribution in [0.5, 0.6) is 0 Å². The van der Waals surface area contributed by atoms with Crippen molar-refractivity contribution in [2.45, 2.75) is 19.3 Å². The fraction of sp³-hybridized carbons (Fsp3) is 0.429. The van der Waals surface area contributed by atoms with E-state index in [1.54, 1.807) is 0 Å². The van der Waals surface area contributed by atoms with E-state index in [2.05, 4.69) is 17.4 Å². The van der Waals surface area contributed by atoms with Gasteiger partial charge in [-0.15, -0.1) is 0 Å². The Hall–Kier alpha value is -1.28. The molecule has 2 heterocycles. The Labute approximate surface area is 95.6 Å². The van der Waals surface area contributed by atoms with Crippen LogP contribution in [0.25, 0.3) is 11.0 Å². The number of furan rings is 1. The third-order valence-corrected chi connectivity index (χ3v) is 3.47. The molecule has 1 aromatic heterocycles. The van der Waals surface area contributed by atoms with Crippen LogP contribution in [-0.4, -0.2) is 13.1 Å². The Morgan fingerprint density at radius 2 is 2.25 bits per heavy atom. The maximum atomic E-state index is 5.57. The number of hydrogen-bond acceptors (Lipinski definition) is 2. The van der Waals surface area contributed by atoms with Gasteiger partial charge in [-0.05, 0) is 49.9 Å². The van der Waals surface area contributed by atoms with Crippen LogP contribution < -0.4 is 5.32 Å². The Morgan fingerprint density at radius 3 is 3.12 bits per heavy atom. The molecule has 2 aromatic rings. The minimum absolute atomic E-state index is 0.773. The van der Waals surface area contributed by atoms with E-state index in [1.165, 1.54) is 30.3 Å². The van der Waals surface area contributed by atoms with Gasteiger partial charge >= 0.3 is 0 Å². The zero-order chi connectivity index (χ0) is 10.8. The smallest absolute Gasteiger partial charge is 0.134 e. The summed E-state index contributed by atoms with van der Waals surface area (Å²) in [6, 6.07) is 8.31. The summed E-state index contributed by atoms with van der Waals surface area (Å²) in [6.07, 6.45) is 5.72. The van der Waals surface area contributed by atoms with Crippen LogP contribution in [0.1, 0.15) is 18.4 Å². The fourth-order valence-corrected chi connectivity index (χ4v) is 2.60. The molecule has 0 spiro atoms. The summed E-state index contributed by atoms with van der Waals surface area (Å²) in [5, 5.41) is 4.75. The highest BCUT2D eigenvalue weighted by atomic mass is 16.3. The first-order valence-electron chi connectivity index (χ1n) is 6.09. The molecule has 2 heteroatoms. The number of piperidine rings is 1. The molecule has 1 fully saturated rings. The van der Waals surface area contributed by atoms with E-state index >= 15 is 0 Å². The van der Waals surface area contributed by atoms with Gasteiger partial charge in [0.25, 0.3) is 0 Å². The van der Waals surface area contributed by atoms with Crippen molar-refractivity contribution in [3.05, 3.63) is 36.1 Å². The zero-order valence-corrected chi connectivity index (χ0v) is 9.41. The van der Waals surface area contributed by atoms with Gasteiger partial charge in [-0.25, -0.2) is 0 Å². The quantitative estimate of drug-likeness (QED) is 0.833. The molecule has 0 bridgehead atoms. The lowest BCUT2D eigenvalue weighted by atomic mass is 9.92. The Balaban J connectivity index is 1.83. The van der Waals surface area contributed by atoms with Gasteiger partial charge in [-0.2, -0.15) is 0 Å². The van der Waals surface area contributed by atoms with E-state index in [0.717, 1.165) is 24.5 Å². The summed E-state index contributed by atoms with van der Waals surface area (Å²) in [4.78, 5) is 0. The molecule has 1 saturated heterocycles. The topological polar surface area (TPSA) is 25.2 Å². The number of para-hydroxylation sites is 1. The van der Waals surface area contributed by atoms with E-state index in [9.17, 15) is 0 Å². The molecule has 0 amide bonds. The van der Waals surface area contributed by atoms with Crippen molar-refractivity contribution in [2.24, 2.45) is 5.92 Å². The van der Waals surface area contributed by atoms with E-state index < -0.39 is 0 Å². The molecule has 1 aromatic carbocycles.